The smallest absolute Gasteiger partial charge is 0.259 e. The number of methoxy groups -OCH3 is 1. The lowest BCUT2D eigenvalue weighted by molar-refractivity contribution is -0.240. The van der Waals surface area contributed by atoms with E-state index in [0.29, 0.717) is 5.75 Å². The minimum atomic E-state index is -1.46. The van der Waals surface area contributed by atoms with E-state index in [4.69, 9.17) is 19.7 Å². The van der Waals surface area contributed by atoms with Crippen LogP contribution in [0.3, 0.4) is 0 Å². The molecule has 0 unspecified atom stereocenters. The van der Waals surface area contributed by atoms with Crippen molar-refractivity contribution in [2.45, 2.75) is 30.6 Å². The molecule has 1 aromatic rings. The summed E-state index contributed by atoms with van der Waals surface area (Å²) in [6, 6.07) is 2.02. The van der Waals surface area contributed by atoms with E-state index in [1.165, 1.54) is 13.3 Å². The SMILES string of the molecule is COc1cccnc1O[C@@H]1O[C@H](CO)[C@H](O)[C@H](O)[C@H]1N=[N+]=[N-]. The summed E-state index contributed by atoms with van der Waals surface area (Å²) >= 11 is 0. The molecule has 0 spiro atoms. The van der Waals surface area contributed by atoms with Gasteiger partial charge in [-0.3, -0.25) is 0 Å². The summed E-state index contributed by atoms with van der Waals surface area (Å²) < 4.78 is 15.9. The molecule has 0 radical (unpaired) electrons. The number of aliphatic hydroxyl groups is 3. The minimum Gasteiger partial charge on any atom is -0.491 e. The standard InChI is InChI=1S/C12H16N4O6/c1-20-6-3-2-4-14-11(6)22-12-8(15-16-13)10(19)9(18)7(5-17)21-12/h2-4,7-10,12,17-19H,5H2,1H3/t7-,8-,9+,10-,12+/m1/s1. The lowest BCUT2D eigenvalue weighted by Gasteiger charge is -2.39. The molecular weight excluding hydrogens is 296 g/mol. The van der Waals surface area contributed by atoms with Crippen molar-refractivity contribution >= 4 is 0 Å². The first-order valence-electron chi connectivity index (χ1n) is 6.44. The second-order valence-corrected chi connectivity index (χ2v) is 4.53. The van der Waals surface area contributed by atoms with Gasteiger partial charge in [0.2, 0.25) is 6.29 Å². The predicted molar refractivity (Wildman–Crippen MR) is 72.1 cm³/mol. The molecule has 0 amide bonds. The summed E-state index contributed by atoms with van der Waals surface area (Å²) in [7, 11) is 1.42. The van der Waals surface area contributed by atoms with E-state index in [0.717, 1.165) is 0 Å². The Morgan fingerprint density at radius 3 is 2.86 bits per heavy atom. The number of hydrogen-bond donors (Lipinski definition) is 3. The fraction of sp³-hybridized carbons (Fsp3) is 0.583. The van der Waals surface area contributed by atoms with Crippen LogP contribution in [-0.4, -0.2) is 64.7 Å². The molecule has 2 rings (SSSR count). The molecule has 0 aliphatic carbocycles. The zero-order valence-corrected chi connectivity index (χ0v) is 11.7. The molecule has 10 heteroatoms. The van der Waals surface area contributed by atoms with Crippen molar-refractivity contribution in [2.24, 2.45) is 5.11 Å². The molecule has 22 heavy (non-hydrogen) atoms. The number of nitrogens with zero attached hydrogens (tertiary/aromatic N) is 4. The van der Waals surface area contributed by atoms with E-state index in [-0.39, 0.29) is 5.88 Å². The molecule has 0 saturated carbocycles. The highest BCUT2D eigenvalue weighted by molar-refractivity contribution is 5.32. The van der Waals surface area contributed by atoms with Crippen molar-refractivity contribution in [2.75, 3.05) is 13.7 Å². The third-order valence-corrected chi connectivity index (χ3v) is 3.22. The van der Waals surface area contributed by atoms with Gasteiger partial charge in [-0.05, 0) is 17.7 Å². The molecule has 1 aliphatic rings. The Balaban J connectivity index is 2.27. The first kappa shape index (κ1) is 16.3. The van der Waals surface area contributed by atoms with Crippen LogP contribution in [0.25, 0.3) is 10.4 Å². The fourth-order valence-corrected chi connectivity index (χ4v) is 2.08. The zero-order chi connectivity index (χ0) is 16.1. The summed E-state index contributed by atoms with van der Waals surface area (Å²) in [5.41, 5.74) is 8.60. The third kappa shape index (κ3) is 3.21. The van der Waals surface area contributed by atoms with Crippen LogP contribution < -0.4 is 9.47 Å². The van der Waals surface area contributed by atoms with Crippen LogP contribution >= 0.6 is 0 Å². The number of aromatic nitrogens is 1. The van der Waals surface area contributed by atoms with Crippen molar-refractivity contribution in [3.8, 4) is 11.6 Å². The van der Waals surface area contributed by atoms with Gasteiger partial charge in [-0.25, -0.2) is 4.98 Å². The number of hydrogen-bond acceptors (Lipinski definition) is 8. The van der Waals surface area contributed by atoms with Gasteiger partial charge >= 0.3 is 0 Å². The van der Waals surface area contributed by atoms with Crippen molar-refractivity contribution < 1.29 is 29.5 Å². The molecule has 2 heterocycles. The van der Waals surface area contributed by atoms with E-state index in [2.05, 4.69) is 15.0 Å². The maximum atomic E-state index is 10.0. The number of aliphatic hydroxyl groups excluding tert-OH is 3. The van der Waals surface area contributed by atoms with Gasteiger partial charge in [-0.1, -0.05) is 5.11 Å². The molecule has 0 bridgehead atoms. The molecule has 1 aliphatic heterocycles. The zero-order valence-electron chi connectivity index (χ0n) is 11.7. The Labute approximate surface area is 125 Å². The highest BCUT2D eigenvalue weighted by Crippen LogP contribution is 2.29. The van der Waals surface area contributed by atoms with Crippen LogP contribution in [0, 0.1) is 0 Å². The largest absolute Gasteiger partial charge is 0.491 e. The van der Waals surface area contributed by atoms with Gasteiger partial charge < -0.3 is 29.5 Å². The van der Waals surface area contributed by atoms with E-state index in [1.807, 2.05) is 0 Å². The van der Waals surface area contributed by atoms with E-state index >= 15 is 0 Å². The Morgan fingerprint density at radius 1 is 1.45 bits per heavy atom. The summed E-state index contributed by atoms with van der Waals surface area (Å²) in [5, 5.41) is 32.4. The van der Waals surface area contributed by atoms with Gasteiger partial charge in [0.1, 0.15) is 18.2 Å². The van der Waals surface area contributed by atoms with Crippen LogP contribution in [0.4, 0.5) is 0 Å². The second kappa shape index (κ2) is 7.25. The van der Waals surface area contributed by atoms with Crippen molar-refractivity contribution in [1.82, 2.24) is 4.98 Å². The predicted octanol–water partition coefficient (Wildman–Crippen LogP) is -0.413. The topological polar surface area (TPSA) is 150 Å². The first-order chi connectivity index (χ1) is 10.6. The molecule has 1 aromatic heterocycles. The van der Waals surface area contributed by atoms with Crippen LogP contribution in [0.1, 0.15) is 0 Å². The van der Waals surface area contributed by atoms with Crippen LogP contribution in [0.2, 0.25) is 0 Å². The number of ether oxygens (including phenoxy) is 3. The van der Waals surface area contributed by atoms with Crippen LogP contribution in [-0.2, 0) is 4.74 Å². The highest BCUT2D eigenvalue weighted by atomic mass is 16.7. The Bertz CT molecular complexity index is 552. The lowest BCUT2D eigenvalue weighted by atomic mass is 9.98. The van der Waals surface area contributed by atoms with Gasteiger partial charge in [-0.2, -0.15) is 0 Å². The average Bonchev–Trinajstić information content (AvgIpc) is 2.54. The molecule has 5 atom stereocenters. The maximum Gasteiger partial charge on any atom is 0.259 e. The molecule has 1 saturated heterocycles. The third-order valence-electron chi connectivity index (χ3n) is 3.22. The molecule has 1 fully saturated rings. The highest BCUT2D eigenvalue weighted by Gasteiger charge is 2.45. The Morgan fingerprint density at radius 2 is 2.23 bits per heavy atom. The van der Waals surface area contributed by atoms with Crippen LogP contribution in [0.15, 0.2) is 23.4 Å². The molecule has 10 nitrogen and oxygen atoms in total. The average molecular weight is 312 g/mol. The normalized spacial score (nSPS) is 31.2. The maximum absolute atomic E-state index is 10.0. The Kier molecular flexibility index (Phi) is 5.36. The molecular formula is C12H16N4O6. The van der Waals surface area contributed by atoms with Gasteiger partial charge in [0, 0.05) is 11.1 Å². The summed E-state index contributed by atoms with van der Waals surface area (Å²) in [6.45, 7) is -0.541. The van der Waals surface area contributed by atoms with E-state index in [9.17, 15) is 15.3 Å². The number of rotatable bonds is 5. The number of azide groups is 1. The van der Waals surface area contributed by atoms with Crippen molar-refractivity contribution in [3.63, 3.8) is 0 Å². The number of pyridine rings is 1. The first-order valence-corrected chi connectivity index (χ1v) is 6.44. The quantitative estimate of drug-likeness (QED) is 0.380. The summed E-state index contributed by atoms with van der Waals surface area (Å²) in [5.74, 6) is 0.375. The van der Waals surface area contributed by atoms with Gasteiger partial charge in [-0.15, -0.1) is 0 Å². The molecule has 3 N–H and O–H groups in total. The van der Waals surface area contributed by atoms with Gasteiger partial charge in [0.05, 0.1) is 19.8 Å². The summed E-state index contributed by atoms with van der Waals surface area (Å²) in [6.07, 6.45) is -3.74. The van der Waals surface area contributed by atoms with Gasteiger partial charge in [0.25, 0.3) is 5.88 Å². The van der Waals surface area contributed by atoms with Crippen molar-refractivity contribution in [3.05, 3.63) is 28.8 Å². The fourth-order valence-electron chi connectivity index (χ4n) is 2.08. The van der Waals surface area contributed by atoms with E-state index in [1.54, 1.807) is 12.1 Å². The summed E-state index contributed by atoms with van der Waals surface area (Å²) in [4.78, 5) is 6.57. The minimum absolute atomic E-state index is 0.0634. The molecule has 120 valence electrons. The molecule has 0 aromatic carbocycles. The van der Waals surface area contributed by atoms with Gasteiger partial charge in [0.15, 0.2) is 5.75 Å². The Hall–Kier alpha value is -2.10. The second-order valence-electron chi connectivity index (χ2n) is 4.53. The van der Waals surface area contributed by atoms with Crippen molar-refractivity contribution in [1.29, 1.82) is 0 Å². The lowest BCUT2D eigenvalue weighted by Crippen LogP contribution is -2.59. The monoisotopic (exact) mass is 312 g/mol. The van der Waals surface area contributed by atoms with E-state index < -0.39 is 37.3 Å². The van der Waals surface area contributed by atoms with Crippen LogP contribution in [0.5, 0.6) is 11.6 Å².